The summed E-state index contributed by atoms with van der Waals surface area (Å²) >= 11 is 0. The summed E-state index contributed by atoms with van der Waals surface area (Å²) in [4.78, 5) is 10.2. The molecule has 0 fully saturated rings. The number of rotatable bonds is 5. The molecule has 4 nitrogen and oxygen atoms in total. The van der Waals surface area contributed by atoms with E-state index < -0.39 is 0 Å². The van der Waals surface area contributed by atoms with Crippen LogP contribution in [0.2, 0.25) is 0 Å². The highest BCUT2D eigenvalue weighted by Gasteiger charge is 2.35. The van der Waals surface area contributed by atoms with Crippen LogP contribution in [0, 0.1) is 0 Å². The Morgan fingerprint density at radius 2 is 0.932 bits per heavy atom. The van der Waals surface area contributed by atoms with Crippen LogP contribution in [0.4, 0.5) is 0 Å². The highest BCUT2D eigenvalue weighted by atomic mass is 15.2. The molecule has 0 saturated carbocycles. The summed E-state index contributed by atoms with van der Waals surface area (Å²) in [7, 11) is 0. The van der Waals surface area contributed by atoms with Crippen molar-refractivity contribution in [1.29, 1.82) is 0 Å². The number of benzene rings is 8. The molecule has 1 aliphatic carbocycles. The van der Waals surface area contributed by atoms with Gasteiger partial charge in [0.05, 0.1) is 27.8 Å². The first kappa shape index (κ1) is 33.6. The standard InChI is InChI=1S/C55H38N4/c1-55(2)47-26-22-36(35-13-5-3-6-14-35)31-44(47)45-33-39(23-27-48(45)55)49-29-30-56-54(57-49)59-51-20-12-10-18-42(51)46-32-37(24-28-52(46)59)38-21-25-43-41-17-9-11-19-50(41)58(53(43)34-38)40-15-7-4-8-16-40/h3-34H,1-2H3. The predicted octanol–water partition coefficient (Wildman–Crippen LogP) is 14.0. The van der Waals surface area contributed by atoms with E-state index in [0.717, 1.165) is 28.0 Å². The van der Waals surface area contributed by atoms with E-state index in [1.807, 2.05) is 12.3 Å². The summed E-state index contributed by atoms with van der Waals surface area (Å²) in [6.45, 7) is 4.66. The van der Waals surface area contributed by atoms with Crippen molar-refractivity contribution in [2.75, 3.05) is 0 Å². The van der Waals surface area contributed by atoms with Crippen LogP contribution in [0.1, 0.15) is 25.0 Å². The molecule has 59 heavy (non-hydrogen) atoms. The molecule has 8 aromatic carbocycles. The van der Waals surface area contributed by atoms with Crippen molar-refractivity contribution in [2.24, 2.45) is 0 Å². The first-order chi connectivity index (χ1) is 29.0. The van der Waals surface area contributed by atoms with Gasteiger partial charge in [0.15, 0.2) is 0 Å². The van der Waals surface area contributed by atoms with Gasteiger partial charge in [0.25, 0.3) is 0 Å². The minimum atomic E-state index is -0.0941. The smallest absolute Gasteiger partial charge is 0.235 e. The monoisotopic (exact) mass is 754 g/mol. The molecule has 0 saturated heterocycles. The maximum absolute atomic E-state index is 5.29. The lowest BCUT2D eigenvalue weighted by Crippen LogP contribution is -2.14. The van der Waals surface area contributed by atoms with Gasteiger partial charge in [-0.2, -0.15) is 0 Å². The summed E-state index contributed by atoms with van der Waals surface area (Å²) in [6.07, 6.45) is 1.90. The molecule has 0 aliphatic heterocycles. The minimum absolute atomic E-state index is 0.0941. The highest BCUT2D eigenvalue weighted by Crippen LogP contribution is 2.50. The number of hydrogen-bond donors (Lipinski definition) is 0. The fourth-order valence-electron chi connectivity index (χ4n) is 9.73. The molecule has 278 valence electrons. The van der Waals surface area contributed by atoms with E-state index >= 15 is 0 Å². The topological polar surface area (TPSA) is 35.6 Å². The molecule has 0 N–H and O–H groups in total. The minimum Gasteiger partial charge on any atom is -0.309 e. The lowest BCUT2D eigenvalue weighted by atomic mass is 9.82. The largest absolute Gasteiger partial charge is 0.309 e. The Morgan fingerprint density at radius 1 is 0.390 bits per heavy atom. The molecule has 0 amide bonds. The number of para-hydroxylation sites is 3. The molecule has 4 heteroatoms. The van der Waals surface area contributed by atoms with Gasteiger partial charge in [-0.3, -0.25) is 4.57 Å². The van der Waals surface area contributed by atoms with Gasteiger partial charge in [0.2, 0.25) is 5.95 Å². The van der Waals surface area contributed by atoms with Crippen LogP contribution >= 0.6 is 0 Å². The maximum Gasteiger partial charge on any atom is 0.235 e. The quantitative estimate of drug-likeness (QED) is 0.175. The Balaban J connectivity index is 0.971. The lowest BCUT2D eigenvalue weighted by molar-refractivity contribution is 0.660. The van der Waals surface area contributed by atoms with Crippen LogP contribution in [-0.2, 0) is 5.41 Å². The van der Waals surface area contributed by atoms with Crippen LogP contribution in [0.15, 0.2) is 194 Å². The molecular formula is C55H38N4. The summed E-state index contributed by atoms with van der Waals surface area (Å²) in [5.74, 6) is 0.655. The molecule has 0 spiro atoms. The molecule has 0 bridgehead atoms. The van der Waals surface area contributed by atoms with E-state index in [1.165, 1.54) is 77.1 Å². The predicted molar refractivity (Wildman–Crippen MR) is 245 cm³/mol. The Labute approximate surface area is 342 Å². The van der Waals surface area contributed by atoms with E-state index in [1.54, 1.807) is 0 Å². The van der Waals surface area contributed by atoms with Gasteiger partial charge in [-0.05, 0) is 105 Å². The van der Waals surface area contributed by atoms with Gasteiger partial charge in [0, 0.05) is 44.4 Å². The third kappa shape index (κ3) is 5.09. The molecular weight excluding hydrogens is 717 g/mol. The van der Waals surface area contributed by atoms with Crippen molar-refractivity contribution in [3.63, 3.8) is 0 Å². The molecule has 0 radical (unpaired) electrons. The first-order valence-corrected chi connectivity index (χ1v) is 20.3. The van der Waals surface area contributed by atoms with Crippen LogP contribution in [0.25, 0.3) is 99.9 Å². The van der Waals surface area contributed by atoms with Crippen LogP contribution < -0.4 is 0 Å². The van der Waals surface area contributed by atoms with E-state index in [4.69, 9.17) is 9.97 Å². The van der Waals surface area contributed by atoms with E-state index in [9.17, 15) is 0 Å². The molecule has 1 aliphatic rings. The number of aromatic nitrogens is 4. The molecule has 11 aromatic rings. The van der Waals surface area contributed by atoms with E-state index in [-0.39, 0.29) is 5.41 Å². The van der Waals surface area contributed by atoms with Crippen molar-refractivity contribution in [1.82, 2.24) is 19.1 Å². The van der Waals surface area contributed by atoms with Gasteiger partial charge in [-0.1, -0.05) is 141 Å². The third-order valence-corrected chi connectivity index (χ3v) is 12.6. The Hall–Kier alpha value is -7.56. The maximum atomic E-state index is 5.29. The number of nitrogens with zero attached hydrogens (tertiary/aromatic N) is 4. The average molecular weight is 755 g/mol. The van der Waals surface area contributed by atoms with Crippen molar-refractivity contribution in [2.45, 2.75) is 19.3 Å². The second-order valence-corrected chi connectivity index (χ2v) is 16.3. The summed E-state index contributed by atoms with van der Waals surface area (Å²) < 4.78 is 4.60. The summed E-state index contributed by atoms with van der Waals surface area (Å²) in [5.41, 5.74) is 17.6. The fraction of sp³-hybridized carbons (Fsp3) is 0.0545. The van der Waals surface area contributed by atoms with Crippen molar-refractivity contribution in [3.8, 4) is 56.3 Å². The van der Waals surface area contributed by atoms with Crippen molar-refractivity contribution >= 4 is 43.6 Å². The molecule has 12 rings (SSSR count). The van der Waals surface area contributed by atoms with E-state index in [0.29, 0.717) is 5.95 Å². The number of hydrogen-bond acceptors (Lipinski definition) is 2. The van der Waals surface area contributed by atoms with Crippen LogP contribution in [0.3, 0.4) is 0 Å². The van der Waals surface area contributed by atoms with Crippen molar-refractivity contribution in [3.05, 3.63) is 205 Å². The third-order valence-electron chi connectivity index (χ3n) is 12.6. The lowest BCUT2D eigenvalue weighted by Gasteiger charge is -2.21. The highest BCUT2D eigenvalue weighted by molar-refractivity contribution is 6.12. The van der Waals surface area contributed by atoms with Gasteiger partial charge >= 0.3 is 0 Å². The second kappa shape index (κ2) is 12.7. The summed E-state index contributed by atoms with van der Waals surface area (Å²) in [6, 6.07) is 68.1. The average Bonchev–Trinajstić information content (AvgIpc) is 3.89. The zero-order valence-corrected chi connectivity index (χ0v) is 32.8. The van der Waals surface area contributed by atoms with Gasteiger partial charge in [-0.25, -0.2) is 9.97 Å². The molecule has 0 atom stereocenters. The van der Waals surface area contributed by atoms with Crippen LogP contribution in [0.5, 0.6) is 0 Å². The zero-order valence-electron chi connectivity index (χ0n) is 32.8. The second-order valence-electron chi connectivity index (χ2n) is 16.3. The van der Waals surface area contributed by atoms with Gasteiger partial charge < -0.3 is 4.57 Å². The fourth-order valence-corrected chi connectivity index (χ4v) is 9.73. The molecule has 3 aromatic heterocycles. The van der Waals surface area contributed by atoms with Gasteiger partial charge in [0.1, 0.15) is 0 Å². The SMILES string of the molecule is CC1(C)c2ccc(-c3ccccc3)cc2-c2cc(-c3ccnc(-n4c5ccccc5c5cc(-c6ccc7c8ccccc8n(-c8ccccc8)c7c6)ccc54)n3)ccc21. The zero-order chi connectivity index (χ0) is 39.2. The Kier molecular flexibility index (Phi) is 7.24. The normalized spacial score (nSPS) is 13.1. The van der Waals surface area contributed by atoms with Gasteiger partial charge in [-0.15, -0.1) is 0 Å². The van der Waals surface area contributed by atoms with Crippen molar-refractivity contribution < 1.29 is 0 Å². The summed E-state index contributed by atoms with van der Waals surface area (Å²) in [5, 5.41) is 4.84. The first-order valence-electron chi connectivity index (χ1n) is 20.3. The Morgan fingerprint density at radius 3 is 1.69 bits per heavy atom. The Bertz CT molecular complexity index is 3460. The van der Waals surface area contributed by atoms with Crippen LogP contribution in [-0.4, -0.2) is 19.1 Å². The molecule has 3 heterocycles. The number of fused-ring (bicyclic) bond motifs is 9. The van der Waals surface area contributed by atoms with E-state index in [2.05, 4.69) is 205 Å². The molecule has 0 unspecified atom stereocenters.